The molecule has 0 bridgehead atoms. The zero-order chi connectivity index (χ0) is 20.9. The van der Waals surface area contributed by atoms with E-state index in [1.54, 1.807) is 0 Å². The normalized spacial score (nSPS) is 13.6. The van der Waals surface area contributed by atoms with Gasteiger partial charge in [0.25, 0.3) is 5.91 Å². The number of benzene rings is 1. The van der Waals surface area contributed by atoms with Crippen LogP contribution in [0.15, 0.2) is 18.2 Å². The molecule has 27 heavy (non-hydrogen) atoms. The third-order valence-electron chi connectivity index (χ3n) is 3.59. The van der Waals surface area contributed by atoms with Crippen molar-refractivity contribution in [3.8, 4) is 0 Å². The van der Waals surface area contributed by atoms with Gasteiger partial charge in [0.2, 0.25) is 11.8 Å². The summed E-state index contributed by atoms with van der Waals surface area (Å²) in [6.07, 6.45) is -0.299. The van der Waals surface area contributed by atoms with E-state index in [9.17, 15) is 23.2 Å². The van der Waals surface area contributed by atoms with E-state index >= 15 is 0 Å². The molecular formula is C19H27F2N3O3. The molecule has 2 atom stereocenters. The van der Waals surface area contributed by atoms with Crippen molar-refractivity contribution in [1.29, 1.82) is 0 Å². The van der Waals surface area contributed by atoms with Crippen molar-refractivity contribution in [2.45, 2.75) is 53.1 Å². The lowest BCUT2D eigenvalue weighted by Crippen LogP contribution is -2.54. The number of rotatable bonds is 6. The summed E-state index contributed by atoms with van der Waals surface area (Å²) in [6, 6.07) is 0.925. The number of amides is 3. The number of nitrogens with one attached hydrogen (secondary N) is 1. The number of hydrogen-bond acceptors (Lipinski definition) is 4. The smallest absolute Gasteiger partial charge is 0.251 e. The zero-order valence-corrected chi connectivity index (χ0v) is 16.3. The van der Waals surface area contributed by atoms with E-state index in [0.717, 1.165) is 17.0 Å². The topological polar surface area (TPSA) is 92.5 Å². The van der Waals surface area contributed by atoms with Crippen LogP contribution in [0.1, 0.15) is 40.2 Å². The van der Waals surface area contributed by atoms with E-state index in [1.807, 2.05) is 20.8 Å². The van der Waals surface area contributed by atoms with Crippen LogP contribution in [0.3, 0.4) is 0 Å². The first-order chi connectivity index (χ1) is 12.3. The average molecular weight is 383 g/mol. The molecule has 0 aliphatic carbocycles. The molecule has 0 aromatic heterocycles. The van der Waals surface area contributed by atoms with E-state index in [2.05, 4.69) is 5.32 Å². The Labute approximate surface area is 158 Å². The van der Waals surface area contributed by atoms with Gasteiger partial charge in [0, 0.05) is 12.6 Å². The SMILES string of the molecule is C[C@H](N)C(=O)N(CC(C)(C)C)C(=O)[C@H](C)NC(=O)Cc1cc(F)cc(F)c1. The predicted molar refractivity (Wildman–Crippen MR) is 97.5 cm³/mol. The third kappa shape index (κ3) is 7.42. The van der Waals surface area contributed by atoms with Crippen LogP contribution in [0.25, 0.3) is 0 Å². The highest BCUT2D eigenvalue weighted by molar-refractivity contribution is 6.01. The van der Waals surface area contributed by atoms with E-state index < -0.39 is 41.4 Å². The summed E-state index contributed by atoms with van der Waals surface area (Å²) in [6.45, 7) is 8.65. The molecule has 0 spiro atoms. The minimum Gasteiger partial charge on any atom is -0.344 e. The third-order valence-corrected chi connectivity index (χ3v) is 3.59. The van der Waals surface area contributed by atoms with E-state index in [0.29, 0.717) is 6.07 Å². The lowest BCUT2D eigenvalue weighted by Gasteiger charge is -2.31. The van der Waals surface area contributed by atoms with Crippen LogP contribution >= 0.6 is 0 Å². The zero-order valence-electron chi connectivity index (χ0n) is 16.3. The highest BCUT2D eigenvalue weighted by Crippen LogP contribution is 2.17. The lowest BCUT2D eigenvalue weighted by atomic mass is 9.95. The van der Waals surface area contributed by atoms with Gasteiger partial charge in [-0.25, -0.2) is 8.78 Å². The van der Waals surface area contributed by atoms with Crippen LogP contribution < -0.4 is 11.1 Å². The summed E-state index contributed by atoms with van der Waals surface area (Å²) >= 11 is 0. The summed E-state index contributed by atoms with van der Waals surface area (Å²) in [5, 5.41) is 2.46. The van der Waals surface area contributed by atoms with Gasteiger partial charge in [0.15, 0.2) is 0 Å². The molecule has 1 aromatic carbocycles. The van der Waals surface area contributed by atoms with Crippen LogP contribution in [-0.2, 0) is 20.8 Å². The molecule has 0 saturated carbocycles. The highest BCUT2D eigenvalue weighted by Gasteiger charge is 2.31. The predicted octanol–water partition coefficient (Wildman–Crippen LogP) is 1.76. The van der Waals surface area contributed by atoms with Crippen LogP contribution in [0.2, 0.25) is 0 Å². The number of nitrogens with zero attached hydrogens (tertiary/aromatic N) is 1. The van der Waals surface area contributed by atoms with Crippen LogP contribution in [0.5, 0.6) is 0 Å². The first kappa shape index (κ1) is 22.7. The molecule has 6 nitrogen and oxygen atoms in total. The lowest BCUT2D eigenvalue weighted by molar-refractivity contribution is -0.149. The molecule has 1 rings (SSSR count). The molecule has 0 aliphatic heterocycles. The molecule has 150 valence electrons. The second kappa shape index (κ2) is 9.03. The fourth-order valence-electron chi connectivity index (χ4n) is 2.47. The summed E-state index contributed by atoms with van der Waals surface area (Å²) in [5.41, 5.74) is 5.41. The van der Waals surface area contributed by atoms with Crippen molar-refractivity contribution < 1.29 is 23.2 Å². The number of imide groups is 1. The molecule has 0 heterocycles. The van der Waals surface area contributed by atoms with Crippen molar-refractivity contribution in [3.05, 3.63) is 35.4 Å². The Morgan fingerprint density at radius 2 is 1.59 bits per heavy atom. The molecular weight excluding hydrogens is 356 g/mol. The van der Waals surface area contributed by atoms with E-state index in [1.165, 1.54) is 13.8 Å². The van der Waals surface area contributed by atoms with Crippen LogP contribution in [0, 0.1) is 17.0 Å². The number of carbonyl (C=O) groups excluding carboxylic acids is 3. The monoisotopic (exact) mass is 383 g/mol. The summed E-state index contributed by atoms with van der Waals surface area (Å²) in [7, 11) is 0. The quantitative estimate of drug-likeness (QED) is 0.783. The Morgan fingerprint density at radius 3 is 2.04 bits per heavy atom. The maximum absolute atomic E-state index is 13.2. The van der Waals surface area contributed by atoms with Gasteiger partial charge in [-0.05, 0) is 37.0 Å². The summed E-state index contributed by atoms with van der Waals surface area (Å²) in [4.78, 5) is 38.1. The van der Waals surface area contributed by atoms with Gasteiger partial charge in [0.05, 0.1) is 12.5 Å². The van der Waals surface area contributed by atoms with E-state index in [-0.39, 0.29) is 23.9 Å². The molecule has 0 saturated heterocycles. The Balaban J connectivity index is 2.84. The van der Waals surface area contributed by atoms with Crippen molar-refractivity contribution in [3.63, 3.8) is 0 Å². The Bertz CT molecular complexity index is 694. The van der Waals surface area contributed by atoms with Crippen LogP contribution in [-0.4, -0.2) is 41.2 Å². The van der Waals surface area contributed by atoms with Gasteiger partial charge in [-0.1, -0.05) is 20.8 Å². The van der Waals surface area contributed by atoms with Crippen molar-refractivity contribution >= 4 is 17.7 Å². The molecule has 1 aromatic rings. The highest BCUT2D eigenvalue weighted by atomic mass is 19.1. The van der Waals surface area contributed by atoms with E-state index in [4.69, 9.17) is 5.73 Å². The Kier molecular flexibility index (Phi) is 7.59. The molecule has 3 N–H and O–H groups in total. The second-order valence-electron chi connectivity index (χ2n) is 7.86. The number of hydrogen-bond donors (Lipinski definition) is 2. The molecule has 0 fully saturated rings. The van der Waals surface area contributed by atoms with Gasteiger partial charge in [-0.15, -0.1) is 0 Å². The Hall–Kier alpha value is -2.35. The average Bonchev–Trinajstić information content (AvgIpc) is 2.48. The second-order valence-corrected chi connectivity index (χ2v) is 7.86. The standard InChI is InChI=1S/C19H27F2N3O3/c1-11(22)17(26)24(10-19(3,4)5)18(27)12(2)23-16(25)8-13-6-14(20)9-15(21)7-13/h6-7,9,11-12H,8,10,22H2,1-5H3,(H,23,25)/t11-,12-/m0/s1. The van der Waals surface area contributed by atoms with Gasteiger partial charge in [-0.3, -0.25) is 19.3 Å². The number of carbonyl (C=O) groups is 3. The number of nitrogens with two attached hydrogens (primary N) is 1. The maximum Gasteiger partial charge on any atom is 0.251 e. The largest absolute Gasteiger partial charge is 0.344 e. The molecule has 0 radical (unpaired) electrons. The maximum atomic E-state index is 13.2. The summed E-state index contributed by atoms with van der Waals surface area (Å²) in [5.74, 6) is -3.30. The van der Waals surface area contributed by atoms with Gasteiger partial charge in [0.1, 0.15) is 17.7 Å². The first-order valence-electron chi connectivity index (χ1n) is 8.65. The first-order valence-corrected chi connectivity index (χ1v) is 8.65. The van der Waals surface area contributed by atoms with Crippen molar-refractivity contribution in [2.24, 2.45) is 11.1 Å². The number of halogens is 2. The minimum absolute atomic E-state index is 0.140. The fourth-order valence-corrected chi connectivity index (χ4v) is 2.47. The molecule has 0 unspecified atom stereocenters. The summed E-state index contributed by atoms with van der Waals surface area (Å²) < 4.78 is 26.4. The minimum atomic E-state index is -0.999. The van der Waals surface area contributed by atoms with Gasteiger partial charge in [-0.2, -0.15) is 0 Å². The van der Waals surface area contributed by atoms with Crippen molar-refractivity contribution in [2.75, 3.05) is 6.54 Å². The van der Waals surface area contributed by atoms with Gasteiger partial charge >= 0.3 is 0 Å². The molecule has 3 amide bonds. The fraction of sp³-hybridized carbons (Fsp3) is 0.526. The van der Waals surface area contributed by atoms with Crippen molar-refractivity contribution in [1.82, 2.24) is 10.2 Å². The van der Waals surface area contributed by atoms with Gasteiger partial charge < -0.3 is 11.1 Å². The molecule has 8 heteroatoms. The molecule has 0 aliphatic rings. The Morgan fingerprint density at radius 1 is 1.07 bits per heavy atom. The van der Waals surface area contributed by atoms with Crippen LogP contribution in [0.4, 0.5) is 8.78 Å².